The Morgan fingerprint density at radius 3 is 2.46 bits per heavy atom. The predicted octanol–water partition coefficient (Wildman–Crippen LogP) is 4.74. The summed E-state index contributed by atoms with van der Waals surface area (Å²) in [5.41, 5.74) is 3.26. The molecule has 0 heterocycles. The minimum Gasteiger partial charge on any atom is -0.354 e. The van der Waals surface area contributed by atoms with Gasteiger partial charge in [0.1, 0.15) is 0 Å². The van der Waals surface area contributed by atoms with Crippen molar-refractivity contribution in [3.63, 3.8) is 0 Å². The van der Waals surface area contributed by atoms with Crippen LogP contribution in [0.2, 0.25) is 0 Å². The van der Waals surface area contributed by atoms with Crippen molar-refractivity contribution in [2.75, 3.05) is 26.2 Å². The van der Waals surface area contributed by atoms with E-state index in [1.807, 2.05) is 0 Å². The van der Waals surface area contributed by atoms with Gasteiger partial charge in [0.15, 0.2) is 0 Å². The number of rotatable bonds is 14. The third-order valence-corrected chi connectivity index (χ3v) is 11.2. The quantitative estimate of drug-likeness (QED) is 0.130. The highest BCUT2D eigenvalue weighted by atomic mass is 16.1. The molecule has 0 spiro atoms. The Hall–Kier alpha value is -0.690. The Bertz CT molecular complexity index is 701. The van der Waals surface area contributed by atoms with E-state index in [4.69, 9.17) is 5.84 Å². The molecule has 0 bridgehead atoms. The zero-order chi connectivity index (χ0) is 26.3. The topological polar surface area (TPSA) is 91.2 Å². The van der Waals surface area contributed by atoms with Gasteiger partial charge in [-0.2, -0.15) is 0 Å². The van der Waals surface area contributed by atoms with Gasteiger partial charge in [-0.3, -0.25) is 16.1 Å². The molecule has 4 rings (SSSR count). The van der Waals surface area contributed by atoms with Crippen molar-refractivity contribution in [2.45, 2.75) is 123 Å². The first-order chi connectivity index (χ1) is 17.9. The van der Waals surface area contributed by atoms with Gasteiger partial charge in [-0.25, -0.2) is 0 Å². The monoisotopic (exact) mass is 517 g/mol. The summed E-state index contributed by atoms with van der Waals surface area (Å²) < 4.78 is 0. The van der Waals surface area contributed by atoms with Crippen LogP contribution in [0.3, 0.4) is 0 Å². The molecule has 4 fully saturated rings. The average Bonchev–Trinajstić information content (AvgIpc) is 3.21. The maximum atomic E-state index is 12.1. The second kappa shape index (κ2) is 14.1. The van der Waals surface area contributed by atoms with Crippen LogP contribution in [0.25, 0.3) is 0 Å². The van der Waals surface area contributed by atoms with Gasteiger partial charge in [0.25, 0.3) is 0 Å². The Balaban J connectivity index is 1.19. The minimum absolute atomic E-state index is 0.245. The Kier molecular flexibility index (Phi) is 11.2. The van der Waals surface area contributed by atoms with E-state index >= 15 is 0 Å². The maximum Gasteiger partial charge on any atom is 0.220 e. The number of carbonyl (C=O) groups is 1. The number of hydrogen-bond donors (Lipinski definition) is 5. The molecule has 6 heteroatoms. The number of carbonyl (C=O) groups excluding carboxylic acids is 1. The predicted molar refractivity (Wildman–Crippen MR) is 154 cm³/mol. The standard InChI is InChI=1S/C31H59N5O/c1-22(2)36-30(37)8-4-7-24-10-14-29-28-12-9-23-21-25(34-19-5-17-33-18-6-20-35-32)11-13-26(23)27(28)15-16-31(24,29)3/h22-29,33-35H,4-21,32H2,1-3H3,(H,36,37)/t23?,24-,25?,26?,27?,28?,29?,31+/m0/s1. The van der Waals surface area contributed by atoms with Crippen molar-refractivity contribution in [2.24, 2.45) is 46.8 Å². The van der Waals surface area contributed by atoms with Gasteiger partial charge in [0.2, 0.25) is 5.91 Å². The van der Waals surface area contributed by atoms with E-state index in [9.17, 15) is 4.79 Å². The number of nitrogens with two attached hydrogens (primary N) is 1. The molecular weight excluding hydrogens is 458 g/mol. The summed E-state index contributed by atoms with van der Waals surface area (Å²) in [6, 6.07) is 1.01. The van der Waals surface area contributed by atoms with Gasteiger partial charge >= 0.3 is 0 Å². The molecular formula is C31H59N5O. The van der Waals surface area contributed by atoms with Crippen LogP contribution < -0.4 is 27.2 Å². The van der Waals surface area contributed by atoms with Crippen LogP contribution in [0.15, 0.2) is 0 Å². The fourth-order valence-electron chi connectivity index (χ4n) is 9.48. The van der Waals surface area contributed by atoms with E-state index in [0.29, 0.717) is 11.8 Å². The number of nitrogens with one attached hydrogen (secondary N) is 4. The molecule has 4 aliphatic rings. The fourth-order valence-corrected chi connectivity index (χ4v) is 9.48. The van der Waals surface area contributed by atoms with E-state index < -0.39 is 0 Å². The van der Waals surface area contributed by atoms with Crippen LogP contribution in [0.4, 0.5) is 0 Å². The molecule has 6 nitrogen and oxygen atoms in total. The summed E-state index contributed by atoms with van der Waals surface area (Å²) in [4.78, 5) is 12.1. The van der Waals surface area contributed by atoms with Gasteiger partial charge in [-0.15, -0.1) is 0 Å². The molecule has 0 aliphatic heterocycles. The molecule has 8 atom stereocenters. The van der Waals surface area contributed by atoms with Gasteiger partial charge in [0, 0.05) is 25.0 Å². The number of hydrazine groups is 1. The smallest absolute Gasteiger partial charge is 0.220 e. The molecule has 6 unspecified atom stereocenters. The first-order valence-corrected chi connectivity index (χ1v) is 16.1. The molecule has 0 saturated heterocycles. The molecule has 0 radical (unpaired) electrons. The van der Waals surface area contributed by atoms with Crippen LogP contribution in [0.1, 0.15) is 111 Å². The fraction of sp³-hybridized carbons (Fsp3) is 0.968. The number of hydrogen-bond acceptors (Lipinski definition) is 5. The SMILES string of the molecule is CC(C)NC(=O)CCC[C@H]1CCC2C3CCC4CC(NCCCNCCCNN)CCC4C3CC[C@@]21C. The lowest BCUT2D eigenvalue weighted by atomic mass is 9.49. The van der Waals surface area contributed by atoms with Crippen molar-refractivity contribution in [3.05, 3.63) is 0 Å². The first kappa shape index (κ1) is 29.3. The molecule has 214 valence electrons. The van der Waals surface area contributed by atoms with Gasteiger partial charge in [-0.1, -0.05) is 6.92 Å². The molecule has 0 aromatic heterocycles. The van der Waals surface area contributed by atoms with E-state index in [1.54, 1.807) is 0 Å². The Morgan fingerprint density at radius 2 is 1.68 bits per heavy atom. The molecule has 1 amide bonds. The van der Waals surface area contributed by atoms with E-state index in [1.165, 1.54) is 70.6 Å². The second-order valence-corrected chi connectivity index (χ2v) is 13.7. The molecule has 4 saturated carbocycles. The normalized spacial score (nSPS) is 37.2. The lowest BCUT2D eigenvalue weighted by Gasteiger charge is -2.56. The summed E-state index contributed by atoms with van der Waals surface area (Å²) in [5.74, 6) is 11.3. The van der Waals surface area contributed by atoms with Gasteiger partial charge in [-0.05, 0) is 158 Å². The number of fused-ring (bicyclic) bond motifs is 5. The van der Waals surface area contributed by atoms with Crippen molar-refractivity contribution < 1.29 is 4.79 Å². The summed E-state index contributed by atoms with van der Waals surface area (Å²) in [6.07, 6.45) is 18.4. The van der Waals surface area contributed by atoms with Crippen molar-refractivity contribution in [1.82, 2.24) is 21.4 Å². The molecule has 0 aromatic rings. The largest absolute Gasteiger partial charge is 0.354 e. The Labute approximate surface area is 227 Å². The van der Waals surface area contributed by atoms with E-state index in [2.05, 4.69) is 42.1 Å². The van der Waals surface area contributed by atoms with Crippen molar-refractivity contribution in [3.8, 4) is 0 Å². The van der Waals surface area contributed by atoms with Crippen LogP contribution in [-0.2, 0) is 4.79 Å². The maximum absolute atomic E-state index is 12.1. The summed E-state index contributed by atoms with van der Waals surface area (Å²) in [7, 11) is 0. The lowest BCUT2D eigenvalue weighted by Crippen LogP contribution is -2.50. The van der Waals surface area contributed by atoms with E-state index in [0.717, 1.165) is 80.6 Å². The number of amides is 1. The van der Waals surface area contributed by atoms with Gasteiger partial charge < -0.3 is 16.0 Å². The van der Waals surface area contributed by atoms with Crippen LogP contribution in [0, 0.1) is 40.9 Å². The second-order valence-electron chi connectivity index (χ2n) is 13.7. The van der Waals surface area contributed by atoms with Crippen LogP contribution in [-0.4, -0.2) is 44.2 Å². The van der Waals surface area contributed by atoms with Crippen LogP contribution >= 0.6 is 0 Å². The zero-order valence-corrected chi connectivity index (χ0v) is 24.3. The molecule has 37 heavy (non-hydrogen) atoms. The highest BCUT2D eigenvalue weighted by Gasteiger charge is 2.56. The molecule has 0 aromatic carbocycles. The highest BCUT2D eigenvalue weighted by Crippen LogP contribution is 2.64. The summed E-state index contributed by atoms with van der Waals surface area (Å²) >= 11 is 0. The Morgan fingerprint density at radius 1 is 0.892 bits per heavy atom. The van der Waals surface area contributed by atoms with Crippen molar-refractivity contribution >= 4 is 5.91 Å². The lowest BCUT2D eigenvalue weighted by molar-refractivity contribution is -0.121. The first-order valence-electron chi connectivity index (χ1n) is 16.1. The van der Waals surface area contributed by atoms with Crippen molar-refractivity contribution in [1.29, 1.82) is 0 Å². The third kappa shape index (κ3) is 7.49. The van der Waals surface area contributed by atoms with Gasteiger partial charge in [0.05, 0.1) is 0 Å². The highest BCUT2D eigenvalue weighted by molar-refractivity contribution is 5.76. The summed E-state index contributed by atoms with van der Waals surface area (Å²) in [6.45, 7) is 11.0. The minimum atomic E-state index is 0.245. The van der Waals surface area contributed by atoms with E-state index in [-0.39, 0.29) is 11.9 Å². The average molecular weight is 518 g/mol. The van der Waals surface area contributed by atoms with Crippen LogP contribution in [0.5, 0.6) is 0 Å². The molecule has 6 N–H and O–H groups in total. The third-order valence-electron chi connectivity index (χ3n) is 11.2. The zero-order valence-electron chi connectivity index (χ0n) is 24.3. The molecule has 4 aliphatic carbocycles. The summed E-state index contributed by atoms with van der Waals surface area (Å²) in [5, 5.41) is 10.5.